The van der Waals surface area contributed by atoms with Crippen molar-refractivity contribution in [2.75, 3.05) is 12.4 Å². The van der Waals surface area contributed by atoms with Gasteiger partial charge < -0.3 is 4.74 Å². The van der Waals surface area contributed by atoms with Crippen LogP contribution in [-0.4, -0.2) is 38.4 Å². The van der Waals surface area contributed by atoms with E-state index in [1.807, 2.05) is 0 Å². The molecule has 2 rings (SSSR count). The van der Waals surface area contributed by atoms with E-state index in [0.29, 0.717) is 11.3 Å². The van der Waals surface area contributed by atoms with Crippen LogP contribution in [-0.2, 0) is 0 Å². The lowest BCUT2D eigenvalue weighted by molar-refractivity contribution is 0.102. The van der Waals surface area contributed by atoms with Gasteiger partial charge in [-0.25, -0.2) is 10.2 Å². The molecule has 2 heterocycles. The van der Waals surface area contributed by atoms with Crippen LogP contribution < -0.4 is 15.6 Å². The van der Waals surface area contributed by atoms with Gasteiger partial charge in [0.15, 0.2) is 0 Å². The maximum absolute atomic E-state index is 12.0. The lowest BCUT2D eigenvalue weighted by Crippen LogP contribution is -2.26. The summed E-state index contributed by atoms with van der Waals surface area (Å²) in [6.45, 7) is 3.34. The van der Waals surface area contributed by atoms with E-state index >= 15 is 0 Å². The van der Waals surface area contributed by atoms with E-state index in [4.69, 9.17) is 4.74 Å². The topological polar surface area (TPSA) is 126 Å². The van der Waals surface area contributed by atoms with E-state index in [-0.39, 0.29) is 17.5 Å². The second-order valence-corrected chi connectivity index (χ2v) is 3.76. The van der Waals surface area contributed by atoms with Crippen LogP contribution in [0.4, 0.5) is 5.95 Å². The van der Waals surface area contributed by atoms with Crippen LogP contribution in [0.1, 0.15) is 21.6 Å². The van der Waals surface area contributed by atoms with E-state index in [1.54, 1.807) is 13.8 Å². The number of carbonyl (C=O) groups is 1. The summed E-state index contributed by atoms with van der Waals surface area (Å²) in [5.41, 5.74) is 0.502. The molecule has 0 saturated heterocycles. The largest absolute Gasteiger partial charge is 0.466 e. The van der Waals surface area contributed by atoms with Crippen molar-refractivity contribution in [3.8, 4) is 6.01 Å². The highest BCUT2D eigenvalue weighted by molar-refractivity contribution is 6.04. The Morgan fingerprint density at radius 3 is 2.63 bits per heavy atom. The number of anilines is 1. The molecule has 9 nitrogen and oxygen atoms in total. The monoisotopic (exact) mass is 264 g/mol. The van der Waals surface area contributed by atoms with Gasteiger partial charge in [0.1, 0.15) is 5.56 Å². The molecule has 0 fully saturated rings. The van der Waals surface area contributed by atoms with Crippen molar-refractivity contribution in [2.24, 2.45) is 0 Å². The smallest absolute Gasteiger partial charge is 0.336 e. The Kier molecular flexibility index (Phi) is 3.27. The molecule has 100 valence electrons. The molecule has 1 amide bonds. The fourth-order valence-electron chi connectivity index (χ4n) is 1.46. The molecule has 0 bridgehead atoms. The summed E-state index contributed by atoms with van der Waals surface area (Å²) in [6.07, 6.45) is 0. The van der Waals surface area contributed by atoms with E-state index in [0.717, 1.165) is 0 Å². The van der Waals surface area contributed by atoms with Gasteiger partial charge in [0.25, 0.3) is 11.5 Å². The zero-order chi connectivity index (χ0) is 14.0. The lowest BCUT2D eigenvalue weighted by Gasteiger charge is -2.05. The average molecular weight is 264 g/mol. The zero-order valence-electron chi connectivity index (χ0n) is 10.6. The van der Waals surface area contributed by atoms with Crippen molar-refractivity contribution < 1.29 is 9.53 Å². The molecule has 0 radical (unpaired) electrons. The molecule has 19 heavy (non-hydrogen) atoms. The Morgan fingerprint density at radius 1 is 1.26 bits per heavy atom. The molecule has 0 spiro atoms. The Labute approximate surface area is 107 Å². The number of amides is 1. The van der Waals surface area contributed by atoms with E-state index in [9.17, 15) is 9.59 Å². The molecule has 0 aliphatic carbocycles. The number of aryl methyl sites for hydroxylation is 1. The number of aromatic nitrogens is 5. The summed E-state index contributed by atoms with van der Waals surface area (Å²) < 4.78 is 4.77. The van der Waals surface area contributed by atoms with Gasteiger partial charge in [-0.15, -0.1) is 5.10 Å². The first-order valence-corrected chi connectivity index (χ1v) is 5.36. The fourth-order valence-corrected chi connectivity index (χ4v) is 1.46. The minimum atomic E-state index is -0.594. The molecule has 0 unspecified atom stereocenters. The molecule has 0 aliphatic rings. The molecule has 0 aromatic carbocycles. The predicted octanol–water partition coefficient (Wildman–Crippen LogP) is -0.234. The maximum Gasteiger partial charge on any atom is 0.336 e. The second-order valence-electron chi connectivity index (χ2n) is 3.76. The van der Waals surface area contributed by atoms with Gasteiger partial charge in [0.2, 0.25) is 5.95 Å². The normalized spacial score (nSPS) is 10.3. The van der Waals surface area contributed by atoms with Crippen LogP contribution in [0.2, 0.25) is 0 Å². The van der Waals surface area contributed by atoms with Gasteiger partial charge in [0.05, 0.1) is 12.8 Å². The number of carbonyl (C=O) groups excluding carboxylic acids is 1. The van der Waals surface area contributed by atoms with E-state index in [2.05, 4.69) is 30.7 Å². The van der Waals surface area contributed by atoms with Gasteiger partial charge in [-0.3, -0.25) is 14.9 Å². The number of nitrogens with zero attached hydrogens (tertiary/aromatic N) is 3. The molecule has 9 heteroatoms. The number of H-pyrrole nitrogens is 2. The highest BCUT2D eigenvalue weighted by atomic mass is 16.5. The summed E-state index contributed by atoms with van der Waals surface area (Å²) in [4.78, 5) is 27.5. The van der Waals surface area contributed by atoms with Crippen LogP contribution in [0, 0.1) is 13.8 Å². The third-order valence-corrected chi connectivity index (χ3v) is 2.58. The third-order valence-electron chi connectivity index (χ3n) is 2.58. The number of hydrogen-bond donors (Lipinski definition) is 3. The molecule has 0 saturated carbocycles. The highest BCUT2D eigenvalue weighted by Gasteiger charge is 2.17. The van der Waals surface area contributed by atoms with Crippen LogP contribution in [0.5, 0.6) is 6.01 Å². The predicted molar refractivity (Wildman–Crippen MR) is 65.2 cm³/mol. The van der Waals surface area contributed by atoms with Crippen molar-refractivity contribution in [1.29, 1.82) is 0 Å². The quantitative estimate of drug-likeness (QED) is 0.702. The first-order chi connectivity index (χ1) is 9.02. The minimum Gasteiger partial charge on any atom is -0.466 e. The summed E-state index contributed by atoms with van der Waals surface area (Å²) in [6, 6.07) is 0.0897. The number of nitrogens with one attached hydrogen (secondary N) is 3. The zero-order valence-corrected chi connectivity index (χ0v) is 10.6. The Balaban J connectivity index is 2.30. The molecule has 2 aromatic heterocycles. The van der Waals surface area contributed by atoms with E-state index in [1.165, 1.54) is 7.11 Å². The molecular formula is C10H12N6O3. The minimum absolute atomic E-state index is 0.0112. The molecular weight excluding hydrogens is 252 g/mol. The van der Waals surface area contributed by atoms with Gasteiger partial charge >= 0.3 is 6.01 Å². The highest BCUT2D eigenvalue weighted by Crippen LogP contribution is 2.09. The van der Waals surface area contributed by atoms with Crippen molar-refractivity contribution in [2.45, 2.75) is 13.8 Å². The first-order valence-electron chi connectivity index (χ1n) is 5.36. The second kappa shape index (κ2) is 4.88. The van der Waals surface area contributed by atoms with E-state index < -0.39 is 11.5 Å². The number of methoxy groups -OCH3 is 1. The first kappa shape index (κ1) is 12.7. The maximum atomic E-state index is 12.0. The SMILES string of the molecule is COc1n[nH]c(NC(=O)c2c(C)c(C)n[nH]c2=O)n1. The molecule has 0 atom stereocenters. The van der Waals surface area contributed by atoms with Crippen LogP contribution in [0.3, 0.4) is 0 Å². The van der Waals surface area contributed by atoms with Crippen molar-refractivity contribution in [3.05, 3.63) is 27.2 Å². The molecule has 0 aliphatic heterocycles. The third kappa shape index (κ3) is 2.44. The number of aromatic amines is 2. The summed E-state index contributed by atoms with van der Waals surface area (Å²) in [7, 11) is 1.40. The van der Waals surface area contributed by atoms with Crippen molar-refractivity contribution in [3.63, 3.8) is 0 Å². The van der Waals surface area contributed by atoms with Crippen LogP contribution in [0.15, 0.2) is 4.79 Å². The van der Waals surface area contributed by atoms with Crippen molar-refractivity contribution >= 4 is 11.9 Å². The fraction of sp³-hybridized carbons (Fsp3) is 0.300. The number of hydrogen-bond acceptors (Lipinski definition) is 6. The molecule has 3 N–H and O–H groups in total. The Bertz CT molecular complexity index is 674. The van der Waals surface area contributed by atoms with Crippen LogP contribution in [0.25, 0.3) is 0 Å². The number of ether oxygens (including phenoxy) is 1. The number of rotatable bonds is 3. The molecule has 2 aromatic rings. The summed E-state index contributed by atoms with van der Waals surface area (Å²) in [5, 5.41) is 14.6. The van der Waals surface area contributed by atoms with Crippen molar-refractivity contribution in [1.82, 2.24) is 25.4 Å². The standard InChI is InChI=1S/C10H12N6O3/c1-4-5(2)13-14-8(18)6(4)7(17)11-9-12-10(19-3)16-15-9/h1-3H3,(H,14,18)(H2,11,12,15,16,17). The van der Waals surface area contributed by atoms with Gasteiger partial charge in [-0.1, -0.05) is 0 Å². The Hall–Kier alpha value is -2.71. The lowest BCUT2D eigenvalue weighted by atomic mass is 10.1. The van der Waals surface area contributed by atoms with Gasteiger partial charge in [0, 0.05) is 0 Å². The van der Waals surface area contributed by atoms with Gasteiger partial charge in [-0.05, 0) is 19.4 Å². The van der Waals surface area contributed by atoms with Gasteiger partial charge in [-0.2, -0.15) is 10.1 Å². The van der Waals surface area contributed by atoms with Crippen LogP contribution >= 0.6 is 0 Å². The Morgan fingerprint density at radius 2 is 2.00 bits per heavy atom. The summed E-state index contributed by atoms with van der Waals surface area (Å²) in [5.74, 6) is -0.502. The average Bonchev–Trinajstić information content (AvgIpc) is 2.82. The summed E-state index contributed by atoms with van der Waals surface area (Å²) >= 11 is 0.